The van der Waals surface area contributed by atoms with Gasteiger partial charge in [0.05, 0.1) is 12.2 Å². The van der Waals surface area contributed by atoms with E-state index in [4.69, 9.17) is 24.5 Å². The number of carbonyl (C=O) groups is 1. The lowest BCUT2D eigenvalue weighted by Gasteiger charge is -2.61. The standard InChI is InChI=1S/C18H29NO6/c1-10-4-5-13-11(2)14(22-9-16(20)19-21)8-15-18(13)12(10)6-7-17(3,23-15)24-25-18/h10-15,21H,4-9H2,1-3H3,(H,19,20)/t10-,11-,12+,13+,14?,15+,17+,18-/m1/s1. The molecule has 3 saturated heterocycles. The fourth-order valence-corrected chi connectivity index (χ4v) is 5.87. The third-order valence-corrected chi connectivity index (χ3v) is 7.17. The van der Waals surface area contributed by atoms with Crippen molar-refractivity contribution in [2.75, 3.05) is 6.61 Å². The van der Waals surface area contributed by atoms with E-state index in [0.717, 1.165) is 25.7 Å². The zero-order valence-electron chi connectivity index (χ0n) is 15.2. The zero-order valence-corrected chi connectivity index (χ0v) is 15.2. The SMILES string of the molecule is C[C@@H]1CC[C@H]2[C@@H](C)C(OCC(=O)NO)C[C@@H]3O[C@]4(C)CC[C@@H]1[C@]32OO4. The normalized spacial score (nSPS) is 51.5. The van der Waals surface area contributed by atoms with Crippen molar-refractivity contribution in [1.29, 1.82) is 0 Å². The van der Waals surface area contributed by atoms with E-state index in [9.17, 15) is 4.79 Å². The van der Waals surface area contributed by atoms with E-state index in [1.54, 1.807) is 5.48 Å². The number of carbonyl (C=O) groups excluding carboxylic acids is 1. The van der Waals surface area contributed by atoms with Gasteiger partial charge in [-0.1, -0.05) is 13.8 Å². The smallest absolute Gasteiger partial charge is 0.269 e. The second kappa shape index (κ2) is 6.16. The van der Waals surface area contributed by atoms with Crippen LogP contribution in [0.25, 0.3) is 0 Å². The van der Waals surface area contributed by atoms with E-state index in [1.807, 2.05) is 6.92 Å². The molecule has 2 saturated carbocycles. The van der Waals surface area contributed by atoms with Gasteiger partial charge in [0.25, 0.3) is 5.91 Å². The quantitative estimate of drug-likeness (QED) is 0.458. The van der Waals surface area contributed by atoms with Gasteiger partial charge in [-0.05, 0) is 49.9 Å². The topological polar surface area (TPSA) is 86.3 Å². The van der Waals surface area contributed by atoms with Gasteiger partial charge in [-0.25, -0.2) is 15.3 Å². The highest BCUT2D eigenvalue weighted by molar-refractivity contribution is 5.75. The average molecular weight is 355 g/mol. The minimum absolute atomic E-state index is 0.0927. The van der Waals surface area contributed by atoms with Crippen LogP contribution in [0.1, 0.15) is 52.9 Å². The summed E-state index contributed by atoms with van der Waals surface area (Å²) in [5.41, 5.74) is 1.22. The molecule has 3 heterocycles. The summed E-state index contributed by atoms with van der Waals surface area (Å²) in [4.78, 5) is 23.3. The summed E-state index contributed by atoms with van der Waals surface area (Å²) < 4.78 is 12.3. The van der Waals surface area contributed by atoms with E-state index < -0.39 is 17.3 Å². The van der Waals surface area contributed by atoms with Crippen molar-refractivity contribution in [2.24, 2.45) is 23.7 Å². The molecule has 5 rings (SSSR count). The van der Waals surface area contributed by atoms with Crippen molar-refractivity contribution in [3.63, 3.8) is 0 Å². The maximum Gasteiger partial charge on any atom is 0.269 e. The molecule has 0 aromatic carbocycles. The van der Waals surface area contributed by atoms with Crippen molar-refractivity contribution in [2.45, 2.75) is 76.5 Å². The van der Waals surface area contributed by atoms with Gasteiger partial charge in [0.2, 0.25) is 0 Å². The third-order valence-electron chi connectivity index (χ3n) is 7.17. The number of hydrogen-bond acceptors (Lipinski definition) is 6. The molecule has 8 atom stereocenters. The molecule has 0 radical (unpaired) electrons. The predicted octanol–water partition coefficient (Wildman–Crippen LogP) is 2.17. The molecule has 2 bridgehead atoms. The Morgan fingerprint density at radius 2 is 2.04 bits per heavy atom. The summed E-state index contributed by atoms with van der Waals surface area (Å²) in [7, 11) is 0. The summed E-state index contributed by atoms with van der Waals surface area (Å²) in [6.45, 7) is 6.29. The Morgan fingerprint density at radius 1 is 1.24 bits per heavy atom. The molecule has 1 amide bonds. The second-order valence-electron chi connectivity index (χ2n) is 8.55. The number of hydroxylamine groups is 1. The third kappa shape index (κ3) is 2.63. The van der Waals surface area contributed by atoms with Gasteiger partial charge in [0.15, 0.2) is 5.79 Å². The first kappa shape index (κ1) is 17.7. The van der Waals surface area contributed by atoms with Crippen LogP contribution in [-0.2, 0) is 24.0 Å². The average Bonchev–Trinajstić information content (AvgIpc) is 2.82. The number of fused-ring (bicyclic) bond motifs is 2. The van der Waals surface area contributed by atoms with Gasteiger partial charge >= 0.3 is 0 Å². The van der Waals surface area contributed by atoms with Gasteiger partial charge in [0.1, 0.15) is 12.2 Å². The molecule has 7 heteroatoms. The molecule has 5 aliphatic rings. The summed E-state index contributed by atoms with van der Waals surface area (Å²) >= 11 is 0. The molecule has 7 nitrogen and oxygen atoms in total. The van der Waals surface area contributed by atoms with Crippen LogP contribution < -0.4 is 5.48 Å². The molecule has 2 N–H and O–H groups in total. The van der Waals surface area contributed by atoms with Crippen LogP contribution >= 0.6 is 0 Å². The van der Waals surface area contributed by atoms with Gasteiger partial charge < -0.3 is 9.47 Å². The van der Waals surface area contributed by atoms with Crippen LogP contribution in [0, 0.1) is 23.7 Å². The predicted molar refractivity (Wildman–Crippen MR) is 86.2 cm³/mol. The van der Waals surface area contributed by atoms with E-state index in [1.165, 1.54) is 0 Å². The van der Waals surface area contributed by atoms with Crippen molar-refractivity contribution >= 4 is 5.91 Å². The Hall–Kier alpha value is -0.730. The Bertz CT molecular complexity index is 544. The first-order valence-corrected chi connectivity index (χ1v) is 9.49. The Labute approximate surface area is 148 Å². The van der Waals surface area contributed by atoms with Gasteiger partial charge in [0, 0.05) is 12.8 Å². The van der Waals surface area contributed by atoms with Crippen LogP contribution in [-0.4, -0.2) is 41.3 Å². The summed E-state index contributed by atoms with van der Waals surface area (Å²) in [6, 6.07) is 0. The highest BCUT2D eigenvalue weighted by atomic mass is 17.3. The lowest BCUT2D eigenvalue weighted by Crippen LogP contribution is -2.69. The van der Waals surface area contributed by atoms with Crippen LogP contribution in [0.5, 0.6) is 0 Å². The fraction of sp³-hybridized carbons (Fsp3) is 0.944. The maximum absolute atomic E-state index is 11.4. The van der Waals surface area contributed by atoms with Crippen molar-refractivity contribution in [3.8, 4) is 0 Å². The van der Waals surface area contributed by atoms with E-state index in [2.05, 4.69) is 13.8 Å². The van der Waals surface area contributed by atoms with Crippen LogP contribution in [0.2, 0.25) is 0 Å². The monoisotopic (exact) mass is 355 g/mol. The number of ether oxygens (including phenoxy) is 2. The number of nitrogens with one attached hydrogen (secondary N) is 1. The van der Waals surface area contributed by atoms with Crippen LogP contribution in [0.4, 0.5) is 0 Å². The highest BCUT2D eigenvalue weighted by Crippen LogP contribution is 2.61. The lowest BCUT2D eigenvalue weighted by molar-refractivity contribution is -0.540. The van der Waals surface area contributed by atoms with Crippen molar-refractivity contribution in [3.05, 3.63) is 0 Å². The minimum atomic E-state index is -0.703. The molecule has 5 fully saturated rings. The van der Waals surface area contributed by atoms with E-state index in [0.29, 0.717) is 18.3 Å². The molecular formula is C18H29NO6. The molecule has 2 aliphatic carbocycles. The summed E-state index contributed by atoms with van der Waals surface area (Å²) in [5.74, 6) is 0.272. The van der Waals surface area contributed by atoms with Gasteiger partial charge in [-0.2, -0.15) is 0 Å². The molecule has 3 aliphatic heterocycles. The summed E-state index contributed by atoms with van der Waals surface area (Å²) in [6.07, 6.45) is 4.58. The molecule has 0 aromatic rings. The van der Waals surface area contributed by atoms with Gasteiger partial charge in [-0.15, -0.1) is 0 Å². The highest BCUT2D eigenvalue weighted by Gasteiger charge is 2.68. The van der Waals surface area contributed by atoms with Crippen molar-refractivity contribution < 1.29 is 29.3 Å². The molecule has 0 aromatic heterocycles. The Morgan fingerprint density at radius 3 is 2.80 bits per heavy atom. The minimum Gasteiger partial charge on any atom is -0.368 e. The van der Waals surface area contributed by atoms with Crippen LogP contribution in [0.15, 0.2) is 0 Å². The molecule has 142 valence electrons. The van der Waals surface area contributed by atoms with E-state index in [-0.39, 0.29) is 30.7 Å². The molecule has 1 unspecified atom stereocenters. The zero-order chi connectivity index (χ0) is 17.8. The number of amides is 1. The molecular weight excluding hydrogens is 326 g/mol. The second-order valence-corrected chi connectivity index (χ2v) is 8.55. The maximum atomic E-state index is 11.4. The van der Waals surface area contributed by atoms with Gasteiger partial charge in [-0.3, -0.25) is 10.0 Å². The first-order chi connectivity index (χ1) is 11.9. The number of rotatable bonds is 3. The Balaban J connectivity index is 1.64. The lowest BCUT2D eigenvalue weighted by atomic mass is 9.53. The first-order valence-electron chi connectivity index (χ1n) is 9.49. The molecule has 1 spiro atoms. The van der Waals surface area contributed by atoms with Crippen molar-refractivity contribution in [1.82, 2.24) is 5.48 Å². The largest absolute Gasteiger partial charge is 0.368 e. The fourth-order valence-electron chi connectivity index (χ4n) is 5.87. The number of hydrogen-bond donors (Lipinski definition) is 2. The van der Waals surface area contributed by atoms with E-state index >= 15 is 0 Å². The summed E-state index contributed by atoms with van der Waals surface area (Å²) in [5, 5.41) is 8.70. The Kier molecular flexibility index (Phi) is 4.36. The van der Waals surface area contributed by atoms with Crippen LogP contribution in [0.3, 0.4) is 0 Å². The molecule has 25 heavy (non-hydrogen) atoms.